The van der Waals surface area contributed by atoms with Crippen molar-refractivity contribution in [1.29, 1.82) is 0 Å². The third-order valence-corrected chi connectivity index (χ3v) is 4.60. The number of rotatable bonds is 3. The van der Waals surface area contributed by atoms with Gasteiger partial charge in [0.25, 0.3) is 5.91 Å². The molecular formula is C20H21ClN2O2. The Morgan fingerprint density at radius 1 is 1.12 bits per heavy atom. The number of hydrogen-bond acceptors (Lipinski definition) is 2. The Hall–Kier alpha value is -2.33. The molecule has 0 saturated carbocycles. The molecule has 25 heavy (non-hydrogen) atoms. The summed E-state index contributed by atoms with van der Waals surface area (Å²) in [5, 5.41) is 3.43. The molecule has 5 heteroatoms. The van der Waals surface area contributed by atoms with Crippen LogP contribution < -0.4 is 5.32 Å². The average molecular weight is 357 g/mol. The summed E-state index contributed by atoms with van der Waals surface area (Å²) in [6.45, 7) is 5.17. The van der Waals surface area contributed by atoms with E-state index in [0.717, 1.165) is 24.2 Å². The second kappa shape index (κ2) is 7.28. The molecule has 0 atom stereocenters. The minimum Gasteiger partial charge on any atom is -0.338 e. The lowest BCUT2D eigenvalue weighted by molar-refractivity contribution is -0.135. The van der Waals surface area contributed by atoms with Crippen molar-refractivity contribution in [3.05, 3.63) is 64.2 Å². The number of benzene rings is 2. The largest absolute Gasteiger partial charge is 0.338 e. The van der Waals surface area contributed by atoms with E-state index >= 15 is 0 Å². The van der Waals surface area contributed by atoms with Crippen LogP contribution in [0.15, 0.2) is 42.5 Å². The monoisotopic (exact) mass is 356 g/mol. The number of nitrogens with one attached hydrogen (secondary N) is 1. The van der Waals surface area contributed by atoms with Gasteiger partial charge < -0.3 is 10.2 Å². The van der Waals surface area contributed by atoms with E-state index < -0.39 is 0 Å². The quantitative estimate of drug-likeness (QED) is 0.898. The maximum atomic E-state index is 12.4. The van der Waals surface area contributed by atoms with Crippen molar-refractivity contribution in [2.75, 3.05) is 11.9 Å². The first-order chi connectivity index (χ1) is 11.9. The molecule has 0 unspecified atom stereocenters. The van der Waals surface area contributed by atoms with Gasteiger partial charge in [0, 0.05) is 35.3 Å². The van der Waals surface area contributed by atoms with Gasteiger partial charge in [0.15, 0.2) is 0 Å². The molecule has 1 aliphatic heterocycles. The van der Waals surface area contributed by atoms with E-state index in [2.05, 4.69) is 5.32 Å². The topological polar surface area (TPSA) is 49.4 Å². The molecule has 1 aliphatic rings. The van der Waals surface area contributed by atoms with Crippen LogP contribution in [0, 0.1) is 5.92 Å². The molecule has 2 amide bonds. The molecule has 0 aliphatic carbocycles. The van der Waals surface area contributed by atoms with Crippen LogP contribution in [-0.2, 0) is 17.8 Å². The molecule has 0 fully saturated rings. The molecule has 4 nitrogen and oxygen atoms in total. The fourth-order valence-electron chi connectivity index (χ4n) is 3.02. The summed E-state index contributed by atoms with van der Waals surface area (Å²) in [5.41, 5.74) is 3.56. The van der Waals surface area contributed by atoms with E-state index in [0.29, 0.717) is 17.1 Å². The number of anilines is 1. The maximum absolute atomic E-state index is 12.4. The van der Waals surface area contributed by atoms with Crippen LogP contribution in [0.3, 0.4) is 0 Å². The number of fused-ring (bicyclic) bond motifs is 1. The number of amides is 2. The van der Waals surface area contributed by atoms with Gasteiger partial charge in [0.1, 0.15) is 0 Å². The van der Waals surface area contributed by atoms with Crippen molar-refractivity contribution in [2.24, 2.45) is 5.92 Å². The van der Waals surface area contributed by atoms with E-state index in [1.165, 1.54) is 5.56 Å². The van der Waals surface area contributed by atoms with Crippen molar-refractivity contribution >= 4 is 29.1 Å². The molecule has 2 aromatic rings. The molecular weight excluding hydrogens is 336 g/mol. The second-order valence-corrected chi connectivity index (χ2v) is 7.05. The second-order valence-electron chi connectivity index (χ2n) is 6.61. The van der Waals surface area contributed by atoms with Gasteiger partial charge in [-0.2, -0.15) is 0 Å². The van der Waals surface area contributed by atoms with Gasteiger partial charge in [0.2, 0.25) is 5.91 Å². The number of carbonyl (C=O) groups excluding carboxylic acids is 2. The lowest BCUT2D eigenvalue weighted by Crippen LogP contribution is -2.38. The zero-order valence-electron chi connectivity index (χ0n) is 14.4. The number of hydrogen-bond donors (Lipinski definition) is 1. The van der Waals surface area contributed by atoms with E-state index in [4.69, 9.17) is 11.6 Å². The summed E-state index contributed by atoms with van der Waals surface area (Å²) in [5.74, 6) is -0.0420. The van der Waals surface area contributed by atoms with E-state index in [1.807, 2.05) is 36.9 Å². The van der Waals surface area contributed by atoms with E-state index in [1.54, 1.807) is 24.3 Å². The van der Waals surface area contributed by atoms with Gasteiger partial charge in [-0.3, -0.25) is 9.59 Å². The predicted octanol–water partition coefficient (Wildman–Crippen LogP) is 4.13. The molecule has 0 aromatic heterocycles. The highest BCUT2D eigenvalue weighted by Gasteiger charge is 2.22. The Kier molecular flexibility index (Phi) is 5.09. The molecule has 130 valence electrons. The van der Waals surface area contributed by atoms with Crippen molar-refractivity contribution in [3.63, 3.8) is 0 Å². The van der Waals surface area contributed by atoms with Crippen LogP contribution in [0.2, 0.25) is 5.02 Å². The summed E-state index contributed by atoms with van der Waals surface area (Å²) >= 11 is 5.94. The van der Waals surface area contributed by atoms with Crippen molar-refractivity contribution in [3.8, 4) is 0 Å². The van der Waals surface area contributed by atoms with Gasteiger partial charge in [-0.25, -0.2) is 0 Å². The van der Waals surface area contributed by atoms with Crippen molar-refractivity contribution < 1.29 is 9.59 Å². The van der Waals surface area contributed by atoms with Crippen molar-refractivity contribution in [1.82, 2.24) is 4.90 Å². The van der Waals surface area contributed by atoms with Gasteiger partial charge in [0.05, 0.1) is 0 Å². The average Bonchev–Trinajstić information content (AvgIpc) is 2.60. The summed E-state index contributed by atoms with van der Waals surface area (Å²) in [6, 6.07) is 12.7. The summed E-state index contributed by atoms with van der Waals surface area (Å²) < 4.78 is 0. The number of halogens is 1. The smallest absolute Gasteiger partial charge is 0.255 e. The molecule has 0 bridgehead atoms. The van der Waals surface area contributed by atoms with Gasteiger partial charge in [-0.05, 0) is 47.9 Å². The minimum absolute atomic E-state index is 0.00716. The van der Waals surface area contributed by atoms with Crippen LogP contribution in [0.1, 0.15) is 35.3 Å². The highest BCUT2D eigenvalue weighted by molar-refractivity contribution is 6.31. The molecule has 2 aromatic carbocycles. The van der Waals surface area contributed by atoms with Crippen LogP contribution in [0.4, 0.5) is 5.69 Å². The normalized spacial score (nSPS) is 13.5. The molecule has 0 saturated heterocycles. The molecule has 3 rings (SSSR count). The minimum atomic E-state index is -0.201. The maximum Gasteiger partial charge on any atom is 0.255 e. The van der Waals surface area contributed by atoms with Crippen LogP contribution in [-0.4, -0.2) is 23.3 Å². The third kappa shape index (κ3) is 4.02. The first-order valence-electron chi connectivity index (χ1n) is 8.41. The standard InChI is InChI=1S/C20H21ClN2O2/c1-13(2)20(25)23-9-8-14-6-7-18(11-16(14)12-23)22-19(24)15-4-3-5-17(21)10-15/h3-7,10-11,13H,8-9,12H2,1-2H3,(H,22,24). The third-order valence-electron chi connectivity index (χ3n) is 4.37. The fourth-order valence-corrected chi connectivity index (χ4v) is 3.21. The molecule has 0 spiro atoms. The first-order valence-corrected chi connectivity index (χ1v) is 8.79. The highest BCUT2D eigenvalue weighted by Crippen LogP contribution is 2.24. The Morgan fingerprint density at radius 3 is 2.64 bits per heavy atom. The fraction of sp³-hybridized carbons (Fsp3) is 0.300. The number of nitrogens with zero attached hydrogens (tertiary/aromatic N) is 1. The Morgan fingerprint density at radius 2 is 1.92 bits per heavy atom. The van der Waals surface area contributed by atoms with Crippen molar-refractivity contribution in [2.45, 2.75) is 26.8 Å². The Balaban J connectivity index is 1.76. The summed E-state index contributed by atoms with van der Waals surface area (Å²) in [6.07, 6.45) is 0.844. The van der Waals surface area contributed by atoms with Gasteiger partial charge in [-0.15, -0.1) is 0 Å². The highest BCUT2D eigenvalue weighted by atomic mass is 35.5. The predicted molar refractivity (Wildman–Crippen MR) is 99.8 cm³/mol. The van der Waals surface area contributed by atoms with Crippen LogP contribution in [0.25, 0.3) is 0 Å². The van der Waals surface area contributed by atoms with Crippen LogP contribution >= 0.6 is 11.6 Å². The van der Waals surface area contributed by atoms with E-state index in [-0.39, 0.29) is 17.7 Å². The molecule has 1 N–H and O–H groups in total. The van der Waals surface area contributed by atoms with Gasteiger partial charge in [-0.1, -0.05) is 37.6 Å². The SMILES string of the molecule is CC(C)C(=O)N1CCc2ccc(NC(=O)c3cccc(Cl)c3)cc2C1. The lowest BCUT2D eigenvalue weighted by atomic mass is 9.98. The summed E-state index contributed by atoms with van der Waals surface area (Å²) in [4.78, 5) is 26.5. The Labute approximate surface area is 152 Å². The lowest BCUT2D eigenvalue weighted by Gasteiger charge is -2.30. The van der Waals surface area contributed by atoms with Gasteiger partial charge >= 0.3 is 0 Å². The summed E-state index contributed by atoms with van der Waals surface area (Å²) in [7, 11) is 0. The van der Waals surface area contributed by atoms with E-state index in [9.17, 15) is 9.59 Å². The molecule has 0 radical (unpaired) electrons. The van der Waals surface area contributed by atoms with Crippen LogP contribution in [0.5, 0.6) is 0 Å². The first kappa shape index (κ1) is 17.5. The zero-order valence-corrected chi connectivity index (χ0v) is 15.1. The molecule has 1 heterocycles. The Bertz CT molecular complexity index is 817. The zero-order chi connectivity index (χ0) is 18.0. The number of carbonyl (C=O) groups is 2.